The van der Waals surface area contributed by atoms with Crippen LogP contribution in [-0.2, 0) is 0 Å². The van der Waals surface area contributed by atoms with Crippen molar-refractivity contribution >= 4 is 23.5 Å². The van der Waals surface area contributed by atoms with Crippen LogP contribution in [0.25, 0.3) is 0 Å². The Kier molecular flexibility index (Phi) is 5.67. The number of aliphatic hydroxyl groups excluding tert-OH is 2. The summed E-state index contributed by atoms with van der Waals surface area (Å²) in [5.41, 5.74) is 0. The molecule has 1 rings (SSSR count). The molecular formula is C10H20O2S2. The second-order valence-corrected chi connectivity index (χ2v) is 6.56. The summed E-state index contributed by atoms with van der Waals surface area (Å²) in [5.74, 6) is 2.31. The molecule has 1 saturated heterocycles. The smallest absolute Gasteiger partial charge is 0.0802 e. The molecule has 3 atom stereocenters. The van der Waals surface area contributed by atoms with Gasteiger partial charge >= 0.3 is 0 Å². The normalized spacial score (nSPS) is 25.7. The van der Waals surface area contributed by atoms with E-state index in [2.05, 4.69) is 0 Å². The third-order valence-corrected chi connectivity index (χ3v) is 5.74. The Labute approximate surface area is 94.9 Å². The van der Waals surface area contributed by atoms with E-state index in [-0.39, 0.29) is 16.6 Å². The Balaban J connectivity index is 2.47. The zero-order chi connectivity index (χ0) is 10.6. The van der Waals surface area contributed by atoms with Crippen LogP contribution in [0, 0.1) is 5.92 Å². The summed E-state index contributed by atoms with van der Waals surface area (Å²) in [6.45, 7) is 3.80. The zero-order valence-electron chi connectivity index (χ0n) is 8.85. The van der Waals surface area contributed by atoms with E-state index in [1.165, 1.54) is 6.42 Å². The number of hydrogen-bond acceptors (Lipinski definition) is 4. The highest BCUT2D eigenvalue weighted by Gasteiger charge is 2.31. The molecule has 2 nitrogen and oxygen atoms in total. The first-order valence-corrected chi connectivity index (χ1v) is 7.36. The summed E-state index contributed by atoms with van der Waals surface area (Å²) in [7, 11) is 0. The minimum absolute atomic E-state index is 0.0260. The van der Waals surface area contributed by atoms with E-state index >= 15 is 0 Å². The van der Waals surface area contributed by atoms with Crippen LogP contribution < -0.4 is 0 Å². The molecule has 0 aliphatic carbocycles. The third kappa shape index (κ3) is 3.33. The molecule has 0 aromatic rings. The molecule has 1 heterocycles. The van der Waals surface area contributed by atoms with Crippen molar-refractivity contribution in [1.82, 2.24) is 0 Å². The Bertz CT molecular complexity index is 158. The molecule has 0 spiro atoms. The van der Waals surface area contributed by atoms with Crippen LogP contribution in [0.3, 0.4) is 0 Å². The first-order valence-electron chi connectivity index (χ1n) is 5.26. The lowest BCUT2D eigenvalue weighted by atomic mass is 9.95. The van der Waals surface area contributed by atoms with Gasteiger partial charge in [0.2, 0.25) is 0 Å². The fraction of sp³-hybridized carbons (Fsp3) is 1.00. The molecule has 4 heteroatoms. The fourth-order valence-electron chi connectivity index (χ4n) is 1.77. The fourth-order valence-corrected chi connectivity index (χ4v) is 4.80. The van der Waals surface area contributed by atoms with Crippen LogP contribution in [0.5, 0.6) is 0 Å². The van der Waals surface area contributed by atoms with Gasteiger partial charge in [0.05, 0.1) is 16.8 Å². The molecule has 0 amide bonds. The van der Waals surface area contributed by atoms with Gasteiger partial charge < -0.3 is 10.2 Å². The Morgan fingerprint density at radius 1 is 1.29 bits per heavy atom. The number of aliphatic hydroxyl groups is 2. The van der Waals surface area contributed by atoms with E-state index in [1.54, 1.807) is 6.92 Å². The molecule has 2 N–H and O–H groups in total. The van der Waals surface area contributed by atoms with Crippen molar-refractivity contribution in [3.05, 3.63) is 0 Å². The maximum Gasteiger partial charge on any atom is 0.0802 e. The maximum atomic E-state index is 10.1. The van der Waals surface area contributed by atoms with Crippen molar-refractivity contribution in [3.63, 3.8) is 0 Å². The Morgan fingerprint density at radius 3 is 2.29 bits per heavy atom. The highest BCUT2D eigenvalue weighted by atomic mass is 32.2. The summed E-state index contributed by atoms with van der Waals surface area (Å²) in [6, 6.07) is 0. The molecule has 1 aliphatic rings. The van der Waals surface area contributed by atoms with Crippen molar-refractivity contribution < 1.29 is 10.2 Å². The van der Waals surface area contributed by atoms with Crippen molar-refractivity contribution in [3.8, 4) is 0 Å². The summed E-state index contributed by atoms with van der Waals surface area (Å²) in [4.78, 5) is 0. The number of rotatable bonds is 4. The van der Waals surface area contributed by atoms with Crippen LogP contribution in [0.4, 0.5) is 0 Å². The van der Waals surface area contributed by atoms with E-state index in [1.807, 2.05) is 30.4 Å². The topological polar surface area (TPSA) is 40.5 Å². The molecule has 0 aromatic heterocycles. The quantitative estimate of drug-likeness (QED) is 0.783. The predicted octanol–water partition coefficient (Wildman–Crippen LogP) is 1.95. The maximum absolute atomic E-state index is 10.1. The van der Waals surface area contributed by atoms with Gasteiger partial charge in [0.15, 0.2) is 0 Å². The van der Waals surface area contributed by atoms with Crippen LogP contribution >= 0.6 is 23.5 Å². The molecule has 0 radical (unpaired) electrons. The Hall–Kier alpha value is 0.620. The zero-order valence-corrected chi connectivity index (χ0v) is 10.5. The lowest BCUT2D eigenvalue weighted by Gasteiger charge is -2.32. The Morgan fingerprint density at radius 2 is 1.86 bits per heavy atom. The summed E-state index contributed by atoms with van der Waals surface area (Å²) in [6.07, 6.45) is 1.31. The SMILES string of the molecule is CC[C@@H]([C@H](C)O)[C@@H](O)C1SCCCS1. The van der Waals surface area contributed by atoms with E-state index < -0.39 is 6.10 Å². The van der Waals surface area contributed by atoms with Crippen LogP contribution in [0.15, 0.2) is 0 Å². The highest BCUT2D eigenvalue weighted by molar-refractivity contribution is 8.17. The minimum atomic E-state index is -0.405. The molecular weight excluding hydrogens is 216 g/mol. The standard InChI is InChI=1S/C10H20O2S2/c1-3-8(7(2)11)9(12)10-13-5-4-6-14-10/h7-12H,3-6H2,1-2H3/t7-,8-,9+/m0/s1. The molecule has 1 fully saturated rings. The van der Waals surface area contributed by atoms with Gasteiger partial charge in [-0.3, -0.25) is 0 Å². The molecule has 84 valence electrons. The summed E-state index contributed by atoms with van der Waals surface area (Å²) in [5, 5.41) is 19.6. The van der Waals surface area contributed by atoms with E-state index in [0.717, 1.165) is 17.9 Å². The van der Waals surface area contributed by atoms with E-state index in [9.17, 15) is 10.2 Å². The lowest BCUT2D eigenvalue weighted by molar-refractivity contribution is 0.0285. The van der Waals surface area contributed by atoms with Gasteiger partial charge in [-0.15, -0.1) is 23.5 Å². The first-order chi connectivity index (χ1) is 6.66. The van der Waals surface area contributed by atoms with Gasteiger partial charge in [-0.05, 0) is 31.3 Å². The molecule has 1 aliphatic heterocycles. The van der Waals surface area contributed by atoms with Crippen molar-refractivity contribution in [2.45, 2.75) is 43.5 Å². The minimum Gasteiger partial charge on any atom is -0.393 e. The van der Waals surface area contributed by atoms with Crippen molar-refractivity contribution in [2.75, 3.05) is 11.5 Å². The van der Waals surface area contributed by atoms with Crippen molar-refractivity contribution in [2.24, 2.45) is 5.92 Å². The van der Waals surface area contributed by atoms with Gasteiger partial charge in [0.1, 0.15) is 0 Å². The van der Waals surface area contributed by atoms with E-state index in [4.69, 9.17) is 0 Å². The second kappa shape index (κ2) is 6.26. The molecule has 0 aromatic carbocycles. The van der Waals surface area contributed by atoms with Crippen molar-refractivity contribution in [1.29, 1.82) is 0 Å². The molecule has 14 heavy (non-hydrogen) atoms. The van der Waals surface area contributed by atoms with Crippen LogP contribution in [0.1, 0.15) is 26.7 Å². The van der Waals surface area contributed by atoms with Gasteiger partial charge in [-0.25, -0.2) is 0 Å². The third-order valence-electron chi connectivity index (χ3n) is 2.66. The second-order valence-electron chi connectivity index (χ2n) is 3.77. The number of hydrogen-bond donors (Lipinski definition) is 2. The predicted molar refractivity (Wildman–Crippen MR) is 64.8 cm³/mol. The van der Waals surface area contributed by atoms with E-state index in [0.29, 0.717) is 0 Å². The lowest BCUT2D eigenvalue weighted by Crippen LogP contribution is -2.36. The monoisotopic (exact) mass is 236 g/mol. The van der Waals surface area contributed by atoms with Gasteiger partial charge in [0.25, 0.3) is 0 Å². The average Bonchev–Trinajstić information content (AvgIpc) is 2.19. The van der Waals surface area contributed by atoms with Gasteiger partial charge in [-0.1, -0.05) is 6.92 Å². The first kappa shape index (κ1) is 12.7. The molecule has 0 unspecified atom stereocenters. The largest absolute Gasteiger partial charge is 0.393 e. The van der Waals surface area contributed by atoms with Crippen LogP contribution in [0.2, 0.25) is 0 Å². The van der Waals surface area contributed by atoms with Gasteiger partial charge in [-0.2, -0.15) is 0 Å². The summed E-state index contributed by atoms with van der Waals surface area (Å²) < 4.78 is 0.267. The number of thioether (sulfide) groups is 2. The van der Waals surface area contributed by atoms with Crippen LogP contribution in [-0.4, -0.2) is 38.5 Å². The highest BCUT2D eigenvalue weighted by Crippen LogP contribution is 2.36. The molecule has 0 bridgehead atoms. The summed E-state index contributed by atoms with van der Waals surface area (Å²) >= 11 is 3.67. The molecule has 0 saturated carbocycles. The van der Waals surface area contributed by atoms with Gasteiger partial charge in [0, 0.05) is 5.92 Å². The average molecular weight is 236 g/mol.